The van der Waals surface area contributed by atoms with Crippen LogP contribution in [-0.4, -0.2) is 32.4 Å². The number of aldehydes is 1. The van der Waals surface area contributed by atoms with Crippen molar-refractivity contribution in [3.63, 3.8) is 0 Å². The second-order valence-corrected chi connectivity index (χ2v) is 10.5. The van der Waals surface area contributed by atoms with Crippen LogP contribution in [0.2, 0.25) is 0 Å². The third kappa shape index (κ3) is 11.7. The molecule has 0 amide bonds. The molecule has 6 heteroatoms. The third-order valence-corrected chi connectivity index (χ3v) is 7.27. The molecule has 1 aromatic heterocycles. The number of halogens is 1. The molecule has 0 aliphatic carbocycles. The summed E-state index contributed by atoms with van der Waals surface area (Å²) < 4.78 is 16.8. The molecule has 0 saturated carbocycles. The molecule has 0 unspecified atom stereocenters. The highest BCUT2D eigenvalue weighted by Gasteiger charge is 2.14. The van der Waals surface area contributed by atoms with E-state index in [-0.39, 0.29) is 0 Å². The fourth-order valence-electron chi connectivity index (χ4n) is 3.59. The maximum absolute atomic E-state index is 11.5. The summed E-state index contributed by atoms with van der Waals surface area (Å²) in [6.07, 6.45) is 6.46. The van der Waals surface area contributed by atoms with Gasteiger partial charge >= 0.3 is 0 Å². The van der Waals surface area contributed by atoms with Gasteiger partial charge < -0.3 is 14.2 Å². The molecule has 1 heterocycles. The van der Waals surface area contributed by atoms with Crippen molar-refractivity contribution >= 4 is 43.6 Å². The third-order valence-electron chi connectivity index (χ3n) is 5.73. The molecular formula is C34H45BrO4S. The fourth-order valence-corrected chi connectivity index (χ4v) is 4.96. The zero-order chi connectivity index (χ0) is 29.8. The van der Waals surface area contributed by atoms with Crippen molar-refractivity contribution in [1.29, 1.82) is 0 Å². The van der Waals surface area contributed by atoms with Gasteiger partial charge in [-0.1, -0.05) is 87.0 Å². The Kier molecular flexibility index (Phi) is 18.5. The summed E-state index contributed by atoms with van der Waals surface area (Å²) in [6, 6.07) is 21.6. The van der Waals surface area contributed by atoms with Crippen LogP contribution in [0, 0.1) is 6.92 Å². The summed E-state index contributed by atoms with van der Waals surface area (Å²) in [4.78, 5) is 12.5. The Labute approximate surface area is 253 Å². The Hall–Kier alpha value is -2.83. The lowest BCUT2D eigenvalue weighted by atomic mass is 10.1. The van der Waals surface area contributed by atoms with E-state index in [1.807, 2.05) is 80.6 Å². The van der Waals surface area contributed by atoms with Gasteiger partial charge in [0.1, 0.15) is 17.2 Å². The van der Waals surface area contributed by atoms with Gasteiger partial charge in [-0.05, 0) is 67.1 Å². The van der Waals surface area contributed by atoms with Crippen LogP contribution in [0.1, 0.15) is 69.3 Å². The van der Waals surface area contributed by atoms with Crippen molar-refractivity contribution in [2.24, 2.45) is 0 Å². The van der Waals surface area contributed by atoms with Gasteiger partial charge in [-0.2, -0.15) is 0 Å². The molecule has 0 aliphatic rings. The first-order valence-electron chi connectivity index (χ1n) is 14.0. The van der Waals surface area contributed by atoms with Gasteiger partial charge in [0.05, 0.1) is 20.8 Å². The second kappa shape index (κ2) is 21.0. The topological polar surface area (TPSA) is 44.8 Å². The standard InChI is InChI=1S/C17H14O3S.C9H11BrO.C6H14.C2H6/c1-19-12-5-3-11(4-6-12)17-15(10-18)14-8-7-13(20-2)9-16(14)21-17;1-8-2-4-9(5-3-8)11-7-6-10;1-3-5-6-4-2;1-2/h3-10H,1-2H3;2-5H,6-7H2,1H3;3-6H2,1-2H3;1-2H3. The molecule has 0 atom stereocenters. The Bertz CT molecular complexity index is 1210. The van der Waals surface area contributed by atoms with E-state index in [4.69, 9.17) is 14.2 Å². The smallest absolute Gasteiger partial charge is 0.152 e. The number of ether oxygens (including phenoxy) is 3. The van der Waals surface area contributed by atoms with Crippen LogP contribution in [0.15, 0.2) is 66.7 Å². The first kappa shape index (κ1) is 35.2. The maximum atomic E-state index is 11.5. The van der Waals surface area contributed by atoms with Crippen LogP contribution in [0.4, 0.5) is 0 Å². The summed E-state index contributed by atoms with van der Waals surface area (Å²) in [5.74, 6) is 2.53. The molecule has 0 bridgehead atoms. The van der Waals surface area contributed by atoms with Gasteiger partial charge in [0, 0.05) is 25.9 Å². The average molecular weight is 630 g/mol. The minimum Gasteiger partial charge on any atom is -0.497 e. The van der Waals surface area contributed by atoms with Crippen molar-refractivity contribution < 1.29 is 19.0 Å². The predicted molar refractivity (Wildman–Crippen MR) is 177 cm³/mol. The zero-order valence-electron chi connectivity index (χ0n) is 25.1. The van der Waals surface area contributed by atoms with Crippen LogP contribution < -0.4 is 14.2 Å². The number of benzene rings is 3. The first-order chi connectivity index (χ1) is 19.5. The van der Waals surface area contributed by atoms with Crippen molar-refractivity contribution in [1.82, 2.24) is 0 Å². The number of methoxy groups -OCH3 is 2. The zero-order valence-corrected chi connectivity index (χ0v) is 27.5. The summed E-state index contributed by atoms with van der Waals surface area (Å²) in [7, 11) is 3.28. The number of fused-ring (bicyclic) bond motifs is 1. The molecular weight excluding hydrogens is 584 g/mol. The maximum Gasteiger partial charge on any atom is 0.152 e. The number of carbonyl (C=O) groups excluding carboxylic acids is 1. The van der Waals surface area contributed by atoms with Gasteiger partial charge in [0.25, 0.3) is 0 Å². The Morgan fingerprint density at radius 1 is 0.800 bits per heavy atom. The predicted octanol–water partition coefficient (Wildman–Crippen LogP) is 10.8. The molecule has 3 aromatic carbocycles. The van der Waals surface area contributed by atoms with Crippen molar-refractivity contribution in [2.75, 3.05) is 26.2 Å². The van der Waals surface area contributed by atoms with E-state index < -0.39 is 0 Å². The molecule has 0 aliphatic heterocycles. The highest BCUT2D eigenvalue weighted by Crippen LogP contribution is 2.39. The number of rotatable bonds is 10. The van der Waals surface area contributed by atoms with Crippen molar-refractivity contribution in [2.45, 2.75) is 60.3 Å². The van der Waals surface area contributed by atoms with E-state index in [1.54, 1.807) is 25.6 Å². The van der Waals surface area contributed by atoms with Crippen LogP contribution in [-0.2, 0) is 0 Å². The van der Waals surface area contributed by atoms with Crippen LogP contribution in [0.5, 0.6) is 17.2 Å². The minimum atomic E-state index is 0.725. The largest absolute Gasteiger partial charge is 0.497 e. The summed E-state index contributed by atoms with van der Waals surface area (Å²) >= 11 is 4.89. The SMILES string of the molecule is CC.CCCCCC.COc1ccc(-c2sc3cc(OC)ccc3c2C=O)cc1.Cc1ccc(OCCBr)cc1. The lowest BCUT2D eigenvalue weighted by Crippen LogP contribution is -1.96. The van der Waals surface area contributed by atoms with E-state index in [0.717, 1.165) is 61.6 Å². The van der Waals surface area contributed by atoms with E-state index in [0.29, 0.717) is 0 Å². The molecule has 0 fully saturated rings. The number of hydrogen-bond acceptors (Lipinski definition) is 5. The highest BCUT2D eigenvalue weighted by atomic mass is 79.9. The molecule has 218 valence electrons. The van der Waals surface area contributed by atoms with Crippen LogP contribution >= 0.6 is 27.3 Å². The molecule has 0 saturated heterocycles. The average Bonchev–Trinajstić information content (AvgIpc) is 3.39. The van der Waals surface area contributed by atoms with Gasteiger partial charge in [0.2, 0.25) is 0 Å². The molecule has 4 nitrogen and oxygen atoms in total. The molecule has 4 rings (SSSR count). The van der Waals surface area contributed by atoms with Crippen molar-refractivity contribution in [3.05, 3.63) is 77.9 Å². The number of unbranched alkanes of at least 4 members (excludes halogenated alkanes) is 3. The summed E-state index contributed by atoms with van der Waals surface area (Å²) in [5.41, 5.74) is 3.00. The van der Waals surface area contributed by atoms with Crippen LogP contribution in [0.25, 0.3) is 20.5 Å². The number of carbonyl (C=O) groups is 1. The highest BCUT2D eigenvalue weighted by molar-refractivity contribution is 9.09. The number of thiophene rings is 1. The van der Waals surface area contributed by atoms with Gasteiger partial charge in [0.15, 0.2) is 6.29 Å². The molecule has 0 radical (unpaired) electrons. The van der Waals surface area contributed by atoms with E-state index in [9.17, 15) is 4.79 Å². The number of hydrogen-bond donors (Lipinski definition) is 0. The quantitative estimate of drug-likeness (QED) is 0.0995. The minimum absolute atomic E-state index is 0.725. The van der Waals surface area contributed by atoms with Gasteiger partial charge in [-0.3, -0.25) is 4.79 Å². The van der Waals surface area contributed by atoms with E-state index in [1.165, 1.54) is 31.2 Å². The Balaban J connectivity index is 0.000000353. The first-order valence-corrected chi connectivity index (χ1v) is 15.9. The van der Waals surface area contributed by atoms with Crippen LogP contribution in [0.3, 0.4) is 0 Å². The van der Waals surface area contributed by atoms with E-state index >= 15 is 0 Å². The monoisotopic (exact) mass is 628 g/mol. The molecule has 40 heavy (non-hydrogen) atoms. The normalized spacial score (nSPS) is 9.70. The van der Waals surface area contributed by atoms with Crippen molar-refractivity contribution in [3.8, 4) is 27.7 Å². The van der Waals surface area contributed by atoms with Gasteiger partial charge in [-0.15, -0.1) is 11.3 Å². The Morgan fingerprint density at radius 3 is 1.85 bits per heavy atom. The molecule has 0 spiro atoms. The molecule has 0 N–H and O–H groups in total. The lowest BCUT2D eigenvalue weighted by Gasteiger charge is -2.02. The second-order valence-electron chi connectivity index (χ2n) is 8.61. The van der Waals surface area contributed by atoms with E-state index in [2.05, 4.69) is 36.7 Å². The summed E-state index contributed by atoms with van der Waals surface area (Å²) in [6.45, 7) is 11.3. The number of aryl methyl sites for hydroxylation is 1. The Morgan fingerprint density at radius 2 is 1.35 bits per heavy atom. The lowest BCUT2D eigenvalue weighted by molar-refractivity contribution is 0.112. The number of alkyl halides is 1. The van der Waals surface area contributed by atoms with Gasteiger partial charge in [-0.25, -0.2) is 0 Å². The summed E-state index contributed by atoms with van der Waals surface area (Å²) in [5, 5.41) is 1.84. The molecule has 4 aromatic rings. The fraction of sp³-hybridized carbons (Fsp3) is 0.382.